The van der Waals surface area contributed by atoms with Crippen LogP contribution < -0.4 is 5.32 Å². The number of tetrazole rings is 1. The Morgan fingerprint density at radius 3 is 3.18 bits per heavy atom. The van der Waals surface area contributed by atoms with E-state index in [4.69, 9.17) is 0 Å². The third-order valence-corrected chi connectivity index (χ3v) is 4.51. The number of hydrogen-bond acceptors (Lipinski definition) is 6. The molecule has 2 aromatic rings. The monoisotopic (exact) mass is 324 g/mol. The maximum atomic E-state index is 13.7. The average molecular weight is 324 g/mol. The van der Waals surface area contributed by atoms with Crippen molar-refractivity contribution < 1.29 is 9.18 Å². The molecule has 7 nitrogen and oxygen atoms in total. The molecule has 1 N–H and O–H groups in total. The van der Waals surface area contributed by atoms with Gasteiger partial charge in [0.1, 0.15) is 19.0 Å². The Bertz CT molecular complexity index is 590. The van der Waals surface area contributed by atoms with Gasteiger partial charge in [-0.25, -0.2) is 9.07 Å². The van der Waals surface area contributed by atoms with Crippen LogP contribution in [0.15, 0.2) is 23.8 Å². The van der Waals surface area contributed by atoms with Crippen molar-refractivity contribution in [3.05, 3.63) is 28.7 Å². The van der Waals surface area contributed by atoms with E-state index < -0.39 is 6.17 Å². The van der Waals surface area contributed by atoms with Gasteiger partial charge in [-0.2, -0.15) is 0 Å². The summed E-state index contributed by atoms with van der Waals surface area (Å²) in [6.45, 7) is 1.66. The zero-order chi connectivity index (χ0) is 15.4. The molecule has 0 aromatic carbocycles. The number of amides is 1. The van der Waals surface area contributed by atoms with Gasteiger partial charge in [0.05, 0.1) is 0 Å². The Labute approximate surface area is 131 Å². The number of carbonyl (C=O) groups is 1. The van der Waals surface area contributed by atoms with Crippen molar-refractivity contribution in [2.75, 3.05) is 13.1 Å². The third-order valence-electron chi connectivity index (χ3n) is 3.65. The van der Waals surface area contributed by atoms with Gasteiger partial charge in [-0.1, -0.05) is 6.07 Å². The standard InChI is InChI=1S/C13H17FN6OS/c14-10-4-11(19(6-10)7-12-2-1-3-22-12)5-15-13(21)8-20-9-16-17-18-20/h1-3,9-11H,4-8H2,(H,15,21)/t10-,11-/m0/s1. The van der Waals surface area contributed by atoms with Gasteiger partial charge in [0.25, 0.3) is 0 Å². The molecular formula is C13H17FN6OS. The van der Waals surface area contributed by atoms with Gasteiger partial charge in [-0.05, 0) is 28.3 Å². The van der Waals surface area contributed by atoms with E-state index in [9.17, 15) is 9.18 Å². The zero-order valence-electron chi connectivity index (χ0n) is 11.9. The molecule has 0 unspecified atom stereocenters. The molecule has 0 spiro atoms. The number of nitrogens with one attached hydrogen (secondary N) is 1. The smallest absolute Gasteiger partial charge is 0.241 e. The Morgan fingerprint density at radius 2 is 2.45 bits per heavy atom. The van der Waals surface area contributed by atoms with E-state index in [1.165, 1.54) is 15.9 Å². The fourth-order valence-electron chi connectivity index (χ4n) is 2.62. The highest BCUT2D eigenvalue weighted by atomic mass is 32.1. The van der Waals surface area contributed by atoms with Crippen LogP contribution in [0.4, 0.5) is 4.39 Å². The van der Waals surface area contributed by atoms with Crippen molar-refractivity contribution in [1.29, 1.82) is 0 Å². The van der Waals surface area contributed by atoms with Gasteiger partial charge in [0, 0.05) is 30.6 Å². The molecule has 0 aliphatic carbocycles. The summed E-state index contributed by atoms with van der Waals surface area (Å²) in [5.41, 5.74) is 0. The van der Waals surface area contributed by atoms with Crippen molar-refractivity contribution in [2.24, 2.45) is 0 Å². The van der Waals surface area contributed by atoms with E-state index in [1.807, 2.05) is 17.5 Å². The maximum Gasteiger partial charge on any atom is 0.241 e. The van der Waals surface area contributed by atoms with E-state index in [2.05, 4.69) is 25.7 Å². The number of nitrogens with zero attached hydrogens (tertiary/aromatic N) is 5. The van der Waals surface area contributed by atoms with E-state index in [0.29, 0.717) is 19.5 Å². The molecule has 2 aromatic heterocycles. The molecule has 0 saturated carbocycles. The third kappa shape index (κ3) is 3.86. The highest BCUT2D eigenvalue weighted by Crippen LogP contribution is 2.23. The van der Waals surface area contributed by atoms with E-state index in [-0.39, 0.29) is 18.5 Å². The van der Waals surface area contributed by atoms with Crippen molar-refractivity contribution in [2.45, 2.75) is 31.7 Å². The Morgan fingerprint density at radius 1 is 1.55 bits per heavy atom. The molecule has 1 fully saturated rings. The van der Waals surface area contributed by atoms with Crippen LogP contribution in [0.1, 0.15) is 11.3 Å². The average Bonchev–Trinajstić information content (AvgIpc) is 3.20. The number of hydrogen-bond donors (Lipinski definition) is 1. The van der Waals surface area contributed by atoms with Crippen molar-refractivity contribution >= 4 is 17.2 Å². The van der Waals surface area contributed by atoms with Gasteiger partial charge in [-0.3, -0.25) is 9.69 Å². The first kappa shape index (κ1) is 15.0. The highest BCUT2D eigenvalue weighted by Gasteiger charge is 2.32. The normalized spacial score (nSPS) is 22.0. The van der Waals surface area contributed by atoms with Crippen LogP contribution in [-0.4, -0.2) is 56.3 Å². The van der Waals surface area contributed by atoms with E-state index in [1.54, 1.807) is 11.3 Å². The van der Waals surface area contributed by atoms with Gasteiger partial charge in [0.2, 0.25) is 5.91 Å². The predicted octanol–water partition coefficient (Wildman–Crippen LogP) is 0.463. The highest BCUT2D eigenvalue weighted by molar-refractivity contribution is 7.09. The van der Waals surface area contributed by atoms with Crippen LogP contribution in [0.5, 0.6) is 0 Å². The van der Waals surface area contributed by atoms with Crippen LogP contribution in [0.3, 0.4) is 0 Å². The molecule has 0 bridgehead atoms. The molecule has 0 radical (unpaired) electrons. The number of carbonyl (C=O) groups excluding carboxylic acids is 1. The minimum Gasteiger partial charge on any atom is -0.353 e. The largest absolute Gasteiger partial charge is 0.353 e. The molecule has 1 aliphatic rings. The second kappa shape index (κ2) is 6.93. The second-order valence-electron chi connectivity index (χ2n) is 5.31. The summed E-state index contributed by atoms with van der Waals surface area (Å²) in [5, 5.41) is 15.4. The summed E-state index contributed by atoms with van der Waals surface area (Å²) in [6, 6.07) is 4.06. The minimum atomic E-state index is -0.832. The van der Waals surface area contributed by atoms with Gasteiger partial charge >= 0.3 is 0 Å². The summed E-state index contributed by atoms with van der Waals surface area (Å²) in [7, 11) is 0. The van der Waals surface area contributed by atoms with Gasteiger partial charge in [0.15, 0.2) is 0 Å². The number of aromatic nitrogens is 4. The van der Waals surface area contributed by atoms with Crippen LogP contribution in [-0.2, 0) is 17.9 Å². The molecule has 3 rings (SSSR count). The molecule has 22 heavy (non-hydrogen) atoms. The second-order valence-corrected chi connectivity index (χ2v) is 6.34. The van der Waals surface area contributed by atoms with Crippen molar-refractivity contribution in [3.63, 3.8) is 0 Å². The van der Waals surface area contributed by atoms with Crippen molar-refractivity contribution in [1.82, 2.24) is 30.4 Å². The summed E-state index contributed by atoms with van der Waals surface area (Å²) in [6.07, 6.45) is 1.01. The number of likely N-dealkylation sites (tertiary alicyclic amines) is 1. The molecule has 118 valence electrons. The first-order chi connectivity index (χ1) is 10.7. The maximum absolute atomic E-state index is 13.7. The quantitative estimate of drug-likeness (QED) is 0.836. The number of halogens is 1. The Kier molecular flexibility index (Phi) is 4.74. The van der Waals surface area contributed by atoms with E-state index in [0.717, 1.165) is 6.54 Å². The lowest BCUT2D eigenvalue weighted by atomic mass is 10.2. The lowest BCUT2D eigenvalue weighted by molar-refractivity contribution is -0.122. The van der Waals surface area contributed by atoms with Crippen LogP contribution in [0.25, 0.3) is 0 Å². The Hall–Kier alpha value is -1.87. The number of rotatable bonds is 6. The topological polar surface area (TPSA) is 75.9 Å². The lowest BCUT2D eigenvalue weighted by Gasteiger charge is -2.23. The predicted molar refractivity (Wildman–Crippen MR) is 78.9 cm³/mol. The number of alkyl halides is 1. The molecular weight excluding hydrogens is 307 g/mol. The molecule has 2 atom stereocenters. The zero-order valence-corrected chi connectivity index (χ0v) is 12.7. The Balaban J connectivity index is 1.50. The summed E-state index contributed by atoms with van der Waals surface area (Å²) in [5.74, 6) is -0.175. The molecule has 1 amide bonds. The van der Waals surface area contributed by atoms with Crippen molar-refractivity contribution in [3.8, 4) is 0 Å². The lowest BCUT2D eigenvalue weighted by Crippen LogP contribution is -2.40. The van der Waals surface area contributed by atoms with Crippen LogP contribution >= 0.6 is 11.3 Å². The SMILES string of the molecule is O=C(Cn1cnnn1)NC[C@@H]1C[C@H](F)CN1Cc1cccs1. The number of thiophene rings is 1. The van der Waals surface area contributed by atoms with Crippen LogP contribution in [0.2, 0.25) is 0 Å². The summed E-state index contributed by atoms with van der Waals surface area (Å²) < 4.78 is 15.1. The fourth-order valence-corrected chi connectivity index (χ4v) is 3.35. The summed E-state index contributed by atoms with van der Waals surface area (Å²) >= 11 is 1.66. The minimum absolute atomic E-state index is 0.0231. The van der Waals surface area contributed by atoms with Crippen LogP contribution in [0, 0.1) is 0 Å². The molecule has 1 aliphatic heterocycles. The fraction of sp³-hybridized carbons (Fsp3) is 0.538. The molecule has 1 saturated heterocycles. The molecule has 3 heterocycles. The van der Waals surface area contributed by atoms with Gasteiger partial charge in [-0.15, -0.1) is 16.4 Å². The first-order valence-corrected chi connectivity index (χ1v) is 7.96. The first-order valence-electron chi connectivity index (χ1n) is 7.08. The van der Waals surface area contributed by atoms with E-state index >= 15 is 0 Å². The molecule has 9 heteroatoms. The van der Waals surface area contributed by atoms with Gasteiger partial charge < -0.3 is 5.32 Å². The summed E-state index contributed by atoms with van der Waals surface area (Å²) in [4.78, 5) is 15.1.